The van der Waals surface area contributed by atoms with E-state index in [0.717, 1.165) is 17.0 Å². The second-order valence-electron chi connectivity index (χ2n) is 8.22. The van der Waals surface area contributed by atoms with Crippen LogP contribution in [0.2, 0.25) is 0 Å². The minimum atomic E-state index is -3.36. The van der Waals surface area contributed by atoms with Crippen LogP contribution in [-0.4, -0.2) is 75.2 Å². The van der Waals surface area contributed by atoms with Gasteiger partial charge in [0.15, 0.2) is 9.84 Å². The number of benzene rings is 2. The van der Waals surface area contributed by atoms with E-state index in [-0.39, 0.29) is 30.8 Å². The van der Waals surface area contributed by atoms with Crippen LogP contribution >= 0.6 is 0 Å². The summed E-state index contributed by atoms with van der Waals surface area (Å²) in [5.74, 6) is 0.440. The van der Waals surface area contributed by atoms with Crippen molar-refractivity contribution in [3.63, 3.8) is 0 Å². The van der Waals surface area contributed by atoms with E-state index in [0.29, 0.717) is 32.7 Å². The van der Waals surface area contributed by atoms with Crippen LogP contribution in [0.15, 0.2) is 54.6 Å². The fourth-order valence-electron chi connectivity index (χ4n) is 4.36. The van der Waals surface area contributed by atoms with Crippen molar-refractivity contribution < 1.29 is 22.7 Å². The van der Waals surface area contributed by atoms with Crippen LogP contribution in [-0.2, 0) is 14.6 Å². The summed E-state index contributed by atoms with van der Waals surface area (Å²) in [6.45, 7) is 3.86. The van der Waals surface area contributed by atoms with Gasteiger partial charge in [0.05, 0.1) is 17.6 Å². The number of carbonyl (C=O) groups is 2. The van der Waals surface area contributed by atoms with E-state index in [1.165, 1.54) is 4.90 Å². The monoisotopic (exact) mass is 471 g/mol. The van der Waals surface area contributed by atoms with Crippen molar-refractivity contribution in [1.29, 1.82) is 0 Å². The summed E-state index contributed by atoms with van der Waals surface area (Å²) in [7, 11) is -3.36. The van der Waals surface area contributed by atoms with E-state index in [1.54, 1.807) is 9.80 Å². The second kappa shape index (κ2) is 9.82. The van der Waals surface area contributed by atoms with Gasteiger partial charge in [-0.25, -0.2) is 13.2 Å². The van der Waals surface area contributed by atoms with Gasteiger partial charge in [0, 0.05) is 31.9 Å². The molecule has 9 heteroatoms. The number of hydrogen-bond donors (Lipinski definition) is 0. The van der Waals surface area contributed by atoms with Crippen molar-refractivity contribution >= 4 is 27.5 Å². The average molecular weight is 472 g/mol. The minimum Gasteiger partial charge on any atom is -0.494 e. The highest BCUT2D eigenvalue weighted by Crippen LogP contribution is 2.29. The molecule has 2 aromatic rings. The molecule has 2 fully saturated rings. The van der Waals surface area contributed by atoms with E-state index >= 15 is 0 Å². The molecule has 1 unspecified atom stereocenters. The van der Waals surface area contributed by atoms with E-state index in [9.17, 15) is 18.0 Å². The standard InChI is InChI=1S/C24H29N3O5S/c1-2-32-21-10-8-20(9-11-21)27-15-14-26(24(27)29)18-23(28)25-13-12-22(33(30,31)17-16-25)19-6-4-3-5-7-19/h3-11,22H,2,12-18H2,1H3. The molecular formula is C24H29N3O5S. The van der Waals surface area contributed by atoms with E-state index in [2.05, 4.69) is 0 Å². The number of anilines is 1. The zero-order valence-electron chi connectivity index (χ0n) is 18.7. The van der Waals surface area contributed by atoms with Crippen molar-refractivity contribution in [2.75, 3.05) is 50.0 Å². The third kappa shape index (κ3) is 5.13. The molecule has 2 aromatic carbocycles. The van der Waals surface area contributed by atoms with Crippen LogP contribution < -0.4 is 9.64 Å². The molecule has 0 saturated carbocycles. The molecule has 4 rings (SSSR count). The third-order valence-corrected chi connectivity index (χ3v) is 8.27. The third-order valence-electron chi connectivity index (χ3n) is 6.14. The van der Waals surface area contributed by atoms with Gasteiger partial charge in [-0.1, -0.05) is 30.3 Å². The fraction of sp³-hybridized carbons (Fsp3) is 0.417. The summed E-state index contributed by atoms with van der Waals surface area (Å²) < 4.78 is 31.1. The molecule has 0 N–H and O–H groups in total. The van der Waals surface area contributed by atoms with Crippen molar-refractivity contribution in [3.8, 4) is 5.75 Å². The SMILES string of the molecule is CCOc1ccc(N2CCN(CC(=O)N3CCC(c4ccccc4)S(=O)(=O)CC3)C2=O)cc1. The molecule has 2 aliphatic heterocycles. The van der Waals surface area contributed by atoms with Crippen LogP contribution in [0.3, 0.4) is 0 Å². The lowest BCUT2D eigenvalue weighted by Crippen LogP contribution is -2.43. The molecule has 1 atom stereocenters. The quantitative estimate of drug-likeness (QED) is 0.647. The van der Waals surface area contributed by atoms with Crippen molar-refractivity contribution in [3.05, 3.63) is 60.2 Å². The predicted octanol–water partition coefficient (Wildman–Crippen LogP) is 2.72. The highest BCUT2D eigenvalue weighted by Gasteiger charge is 2.35. The first-order valence-corrected chi connectivity index (χ1v) is 12.9. The summed E-state index contributed by atoms with van der Waals surface area (Å²) in [5.41, 5.74) is 1.51. The van der Waals surface area contributed by atoms with Gasteiger partial charge < -0.3 is 14.5 Å². The molecular weight excluding hydrogens is 442 g/mol. The summed E-state index contributed by atoms with van der Waals surface area (Å²) >= 11 is 0. The van der Waals surface area contributed by atoms with Crippen LogP contribution in [0.25, 0.3) is 0 Å². The molecule has 176 valence electrons. The lowest BCUT2D eigenvalue weighted by Gasteiger charge is -2.24. The Morgan fingerprint density at radius 3 is 2.42 bits per heavy atom. The van der Waals surface area contributed by atoms with Crippen LogP contribution in [0.4, 0.5) is 10.5 Å². The lowest BCUT2D eigenvalue weighted by molar-refractivity contribution is -0.131. The molecule has 3 amide bonds. The highest BCUT2D eigenvalue weighted by molar-refractivity contribution is 7.91. The maximum Gasteiger partial charge on any atom is 0.325 e. The van der Waals surface area contributed by atoms with E-state index in [1.807, 2.05) is 61.5 Å². The number of carbonyl (C=O) groups excluding carboxylic acids is 2. The normalized spacial score (nSPS) is 20.6. The van der Waals surface area contributed by atoms with Gasteiger partial charge in [0.2, 0.25) is 5.91 Å². The van der Waals surface area contributed by atoms with Crippen LogP contribution in [0.5, 0.6) is 5.75 Å². The molecule has 2 aliphatic rings. The molecule has 33 heavy (non-hydrogen) atoms. The molecule has 0 bridgehead atoms. The zero-order chi connectivity index (χ0) is 23.4. The first kappa shape index (κ1) is 23.1. The van der Waals surface area contributed by atoms with E-state index in [4.69, 9.17) is 4.74 Å². The number of nitrogens with zero attached hydrogens (tertiary/aromatic N) is 3. The first-order chi connectivity index (χ1) is 15.9. The highest BCUT2D eigenvalue weighted by atomic mass is 32.2. The summed E-state index contributed by atoms with van der Waals surface area (Å²) in [6, 6.07) is 16.2. The second-order valence-corrected chi connectivity index (χ2v) is 10.5. The average Bonchev–Trinajstić information content (AvgIpc) is 3.07. The van der Waals surface area contributed by atoms with E-state index < -0.39 is 15.1 Å². The summed E-state index contributed by atoms with van der Waals surface area (Å²) in [4.78, 5) is 30.6. The Hall–Kier alpha value is -3.07. The van der Waals surface area contributed by atoms with Gasteiger partial charge in [-0.15, -0.1) is 0 Å². The Morgan fingerprint density at radius 2 is 1.73 bits per heavy atom. The molecule has 0 spiro atoms. The molecule has 8 nitrogen and oxygen atoms in total. The number of sulfone groups is 1. The molecule has 0 radical (unpaired) electrons. The first-order valence-electron chi connectivity index (χ1n) is 11.2. The van der Waals surface area contributed by atoms with Gasteiger partial charge in [0.25, 0.3) is 0 Å². The summed E-state index contributed by atoms with van der Waals surface area (Å²) in [5, 5.41) is -0.611. The van der Waals surface area contributed by atoms with Crippen molar-refractivity contribution in [2.24, 2.45) is 0 Å². The Balaban J connectivity index is 1.38. The maximum absolute atomic E-state index is 13.0. The number of hydrogen-bond acceptors (Lipinski definition) is 5. The lowest BCUT2D eigenvalue weighted by atomic mass is 10.1. The number of rotatable bonds is 6. The smallest absolute Gasteiger partial charge is 0.325 e. The Kier molecular flexibility index (Phi) is 6.88. The topological polar surface area (TPSA) is 87.2 Å². The summed E-state index contributed by atoms with van der Waals surface area (Å²) in [6.07, 6.45) is 0.352. The van der Waals surface area contributed by atoms with Crippen molar-refractivity contribution in [2.45, 2.75) is 18.6 Å². The minimum absolute atomic E-state index is 0.0532. The molecule has 2 heterocycles. The Bertz CT molecular complexity index is 1090. The zero-order valence-corrected chi connectivity index (χ0v) is 19.5. The molecule has 2 saturated heterocycles. The van der Waals surface area contributed by atoms with Gasteiger partial charge in [-0.3, -0.25) is 9.69 Å². The fourth-order valence-corrected chi connectivity index (χ4v) is 6.15. The number of ether oxygens (including phenoxy) is 1. The Labute approximate surface area is 194 Å². The maximum atomic E-state index is 13.0. The van der Waals surface area contributed by atoms with Gasteiger partial charge in [-0.2, -0.15) is 0 Å². The van der Waals surface area contributed by atoms with Crippen LogP contribution in [0.1, 0.15) is 24.2 Å². The Morgan fingerprint density at radius 1 is 1.00 bits per heavy atom. The largest absolute Gasteiger partial charge is 0.494 e. The van der Waals surface area contributed by atoms with Crippen molar-refractivity contribution in [1.82, 2.24) is 9.80 Å². The van der Waals surface area contributed by atoms with Gasteiger partial charge in [-0.05, 0) is 43.2 Å². The van der Waals surface area contributed by atoms with Gasteiger partial charge in [0.1, 0.15) is 12.3 Å². The predicted molar refractivity (Wildman–Crippen MR) is 126 cm³/mol. The van der Waals surface area contributed by atoms with Gasteiger partial charge >= 0.3 is 6.03 Å². The van der Waals surface area contributed by atoms with Crippen LogP contribution in [0, 0.1) is 0 Å². The molecule has 0 aromatic heterocycles. The molecule has 0 aliphatic carbocycles. The number of urea groups is 1. The number of amides is 3.